The number of hydrogen-bond donors (Lipinski definition) is 1. The van der Waals surface area contributed by atoms with Gasteiger partial charge < -0.3 is 90.4 Å². The lowest BCUT2D eigenvalue weighted by molar-refractivity contribution is -0.0310. The molecule has 0 aliphatic carbocycles. The van der Waals surface area contributed by atoms with Crippen molar-refractivity contribution in [1.82, 2.24) is 0 Å². The van der Waals surface area contributed by atoms with Crippen LogP contribution in [-0.4, -0.2) is 250 Å². The first-order valence-corrected chi connectivity index (χ1v) is 25.9. The summed E-state index contributed by atoms with van der Waals surface area (Å²) in [6.45, 7) is 20.8. The van der Waals surface area contributed by atoms with Gasteiger partial charge in [0.2, 0.25) is 0 Å². The smallest absolute Gasteiger partial charge is 0.0701 e. The molecule has 0 aliphatic rings. The summed E-state index contributed by atoms with van der Waals surface area (Å²) in [5.41, 5.74) is 0. The second kappa shape index (κ2) is 66.2. The van der Waals surface area contributed by atoms with Crippen molar-refractivity contribution in [1.29, 1.82) is 0 Å². The molecule has 0 aromatic rings. The van der Waals surface area contributed by atoms with Crippen LogP contribution in [0.5, 0.6) is 0 Å². The zero-order valence-corrected chi connectivity index (χ0v) is 42.7. The van der Waals surface area contributed by atoms with Gasteiger partial charge in [0.1, 0.15) is 0 Å². The van der Waals surface area contributed by atoms with Crippen molar-refractivity contribution in [3.63, 3.8) is 0 Å². The molecule has 0 unspecified atom stereocenters. The highest BCUT2D eigenvalue weighted by molar-refractivity contribution is 4.48. The minimum absolute atomic E-state index is 0.0214. The molecule has 68 heavy (non-hydrogen) atoms. The third kappa shape index (κ3) is 65.2. The van der Waals surface area contributed by atoms with Gasteiger partial charge in [-0.3, -0.25) is 0 Å². The Hall–Kier alpha value is -0.760. The maximum Gasteiger partial charge on any atom is 0.0701 e. The molecule has 0 spiro atoms. The molecule has 0 rings (SSSR count). The summed E-state index contributed by atoms with van der Waals surface area (Å²) in [4.78, 5) is 0. The van der Waals surface area contributed by atoms with E-state index in [0.29, 0.717) is 231 Å². The quantitative estimate of drug-likeness (QED) is 0.0834. The summed E-state index contributed by atoms with van der Waals surface area (Å²) in [6.07, 6.45) is 14.8. The number of aliphatic hydroxyl groups excluding tert-OH is 1. The Bertz CT molecular complexity index is 790. The topological polar surface area (TPSA) is 186 Å². The number of ether oxygens (including phenoxy) is 18. The predicted molar refractivity (Wildman–Crippen MR) is 258 cm³/mol. The lowest BCUT2D eigenvalue weighted by atomic mass is 10.1. The fraction of sp³-hybridized carbons (Fsp3) is 1.00. The van der Waals surface area contributed by atoms with Gasteiger partial charge in [0.15, 0.2) is 0 Å². The van der Waals surface area contributed by atoms with Crippen molar-refractivity contribution in [2.75, 3.05) is 244 Å². The maximum absolute atomic E-state index is 8.60. The Balaban J connectivity index is 3.07. The Morgan fingerprint density at radius 2 is 0.294 bits per heavy atom. The minimum Gasteiger partial charge on any atom is -0.394 e. The van der Waals surface area contributed by atoms with Gasteiger partial charge in [-0.1, -0.05) is 71.1 Å². The van der Waals surface area contributed by atoms with E-state index in [-0.39, 0.29) is 6.61 Å². The van der Waals surface area contributed by atoms with E-state index in [4.69, 9.17) is 90.4 Å². The number of unbranched alkanes of at least 4 members (excludes halogenated alkanes) is 10. The lowest BCUT2D eigenvalue weighted by Gasteiger charge is -2.09. The van der Waals surface area contributed by atoms with Crippen LogP contribution in [0.4, 0.5) is 0 Å². The highest BCUT2D eigenvalue weighted by Crippen LogP contribution is 2.11. The van der Waals surface area contributed by atoms with E-state index in [1.165, 1.54) is 64.2 Å². The van der Waals surface area contributed by atoms with Crippen LogP contribution in [0.3, 0.4) is 0 Å². The zero-order valence-electron chi connectivity index (χ0n) is 42.7. The molecule has 0 aromatic carbocycles. The summed E-state index contributed by atoms with van der Waals surface area (Å²) >= 11 is 0. The van der Waals surface area contributed by atoms with E-state index < -0.39 is 0 Å². The molecule has 19 nitrogen and oxygen atoms in total. The molecule has 0 heterocycles. The molecule has 0 saturated heterocycles. The Morgan fingerprint density at radius 3 is 0.456 bits per heavy atom. The fourth-order valence-corrected chi connectivity index (χ4v) is 5.77. The van der Waals surface area contributed by atoms with Gasteiger partial charge in [0.25, 0.3) is 0 Å². The van der Waals surface area contributed by atoms with Crippen LogP contribution in [0, 0.1) is 0 Å². The minimum atomic E-state index is 0.0214. The monoisotopic (exact) mass is 993 g/mol. The van der Waals surface area contributed by atoms with E-state index in [0.717, 1.165) is 13.0 Å². The molecule has 0 aliphatic heterocycles. The molecule has 0 bridgehead atoms. The van der Waals surface area contributed by atoms with Crippen molar-refractivity contribution < 1.29 is 90.4 Å². The normalized spacial score (nSPS) is 11.7. The van der Waals surface area contributed by atoms with Crippen molar-refractivity contribution in [2.45, 2.75) is 77.6 Å². The molecular weight excluding hydrogens is 893 g/mol. The van der Waals surface area contributed by atoms with Crippen LogP contribution in [0.1, 0.15) is 77.6 Å². The third-order valence-electron chi connectivity index (χ3n) is 9.45. The highest BCUT2D eigenvalue weighted by Gasteiger charge is 1.99. The first-order chi connectivity index (χ1) is 33.9. The highest BCUT2D eigenvalue weighted by atomic mass is 16.6. The van der Waals surface area contributed by atoms with E-state index in [2.05, 4.69) is 6.92 Å². The fourth-order valence-electron chi connectivity index (χ4n) is 5.77. The largest absolute Gasteiger partial charge is 0.394 e. The summed E-state index contributed by atoms with van der Waals surface area (Å²) in [5, 5.41) is 8.60. The van der Waals surface area contributed by atoms with Crippen LogP contribution in [0.2, 0.25) is 0 Å². The van der Waals surface area contributed by atoms with E-state index in [1.54, 1.807) is 0 Å². The molecule has 0 radical (unpaired) electrons. The maximum atomic E-state index is 8.60. The Labute approximate surface area is 411 Å². The van der Waals surface area contributed by atoms with Gasteiger partial charge in [-0.15, -0.1) is 0 Å². The van der Waals surface area contributed by atoms with Crippen LogP contribution in [-0.2, 0) is 85.3 Å². The van der Waals surface area contributed by atoms with Gasteiger partial charge in [-0.25, -0.2) is 0 Å². The van der Waals surface area contributed by atoms with E-state index >= 15 is 0 Å². The van der Waals surface area contributed by atoms with Crippen molar-refractivity contribution in [3.05, 3.63) is 0 Å². The van der Waals surface area contributed by atoms with Crippen LogP contribution in [0.25, 0.3) is 0 Å². The predicted octanol–water partition coefficient (Wildman–Crippen LogP) is 4.59. The summed E-state index contributed by atoms with van der Waals surface area (Å²) < 4.78 is 98.7. The second-order valence-electron chi connectivity index (χ2n) is 15.3. The van der Waals surface area contributed by atoms with Crippen LogP contribution in [0.15, 0.2) is 0 Å². The number of aliphatic hydroxyl groups is 1. The molecule has 410 valence electrons. The van der Waals surface area contributed by atoms with Gasteiger partial charge in [-0.2, -0.15) is 0 Å². The standard InChI is InChI=1S/C49H100O19/c1-2-3-4-5-6-7-8-9-10-11-12-14-51-16-18-53-20-22-55-24-26-57-28-30-59-32-34-61-36-38-63-40-42-65-44-46-67-48-49-68-47-45-66-43-41-64-39-37-62-35-33-60-31-29-58-27-25-56-23-21-54-19-17-52-15-13-50/h50H,2-49H2,1H3. The first kappa shape index (κ1) is 67.2. The molecule has 0 saturated carbocycles. The molecule has 0 fully saturated rings. The lowest BCUT2D eigenvalue weighted by Crippen LogP contribution is -2.16. The zero-order chi connectivity index (χ0) is 48.7. The van der Waals surface area contributed by atoms with E-state index in [9.17, 15) is 0 Å². The van der Waals surface area contributed by atoms with Gasteiger partial charge in [-0.05, 0) is 6.42 Å². The van der Waals surface area contributed by atoms with Crippen molar-refractivity contribution >= 4 is 0 Å². The molecular formula is C49H100O19. The molecule has 0 aromatic heterocycles. The van der Waals surface area contributed by atoms with Crippen molar-refractivity contribution in [2.24, 2.45) is 0 Å². The van der Waals surface area contributed by atoms with E-state index in [1.807, 2.05) is 0 Å². The van der Waals surface area contributed by atoms with Gasteiger partial charge in [0, 0.05) is 6.61 Å². The Morgan fingerprint density at radius 1 is 0.162 bits per heavy atom. The number of hydrogen-bond acceptors (Lipinski definition) is 19. The molecule has 1 N–H and O–H groups in total. The summed E-state index contributed by atoms with van der Waals surface area (Å²) in [6, 6.07) is 0. The molecule has 0 atom stereocenters. The average molecular weight is 993 g/mol. The average Bonchev–Trinajstić information content (AvgIpc) is 3.35. The van der Waals surface area contributed by atoms with Gasteiger partial charge >= 0.3 is 0 Å². The third-order valence-corrected chi connectivity index (χ3v) is 9.45. The number of rotatable bonds is 65. The SMILES string of the molecule is CCCCCCCCCCCCCOCCOCCOCCOCCOCCOCCOCCOCCOCCOCCOCCOCCOCCOCCOCCOCCOCCOCCO. The van der Waals surface area contributed by atoms with Crippen LogP contribution >= 0.6 is 0 Å². The van der Waals surface area contributed by atoms with Crippen LogP contribution < -0.4 is 0 Å². The second-order valence-corrected chi connectivity index (χ2v) is 15.3. The summed E-state index contributed by atoms with van der Waals surface area (Å²) in [7, 11) is 0. The molecule has 0 amide bonds. The van der Waals surface area contributed by atoms with Gasteiger partial charge in [0.05, 0.1) is 238 Å². The first-order valence-electron chi connectivity index (χ1n) is 25.9. The molecule has 19 heteroatoms. The van der Waals surface area contributed by atoms with Crippen molar-refractivity contribution in [3.8, 4) is 0 Å². The summed E-state index contributed by atoms with van der Waals surface area (Å²) in [5.74, 6) is 0. The Kier molecular flexibility index (Phi) is 65.5.